The van der Waals surface area contributed by atoms with Crippen LogP contribution in [0.25, 0.3) is 0 Å². The van der Waals surface area contributed by atoms with Crippen LogP contribution in [0.15, 0.2) is 46.9 Å². The summed E-state index contributed by atoms with van der Waals surface area (Å²) in [6.07, 6.45) is 0. The maximum absolute atomic E-state index is 14.3. The molecule has 2 N–H and O–H groups in total. The highest BCUT2D eigenvalue weighted by atomic mass is 79.9. The van der Waals surface area contributed by atoms with Crippen LogP contribution in [0.3, 0.4) is 0 Å². The van der Waals surface area contributed by atoms with Crippen LogP contribution in [-0.4, -0.2) is 11.5 Å². The first-order chi connectivity index (χ1) is 9.56. The maximum Gasteiger partial charge on any atom is 0.286 e. The molecule has 0 heterocycles. The van der Waals surface area contributed by atoms with Gasteiger partial charge in [-0.3, -0.25) is 10.1 Å². The molecule has 0 spiro atoms. The zero-order valence-corrected chi connectivity index (χ0v) is 13.2. The first kappa shape index (κ1) is 17.6. The third-order valence-electron chi connectivity index (χ3n) is 3.10. The Morgan fingerprint density at radius 1 is 1.24 bits per heavy atom. The molecule has 0 saturated carbocycles. The van der Waals surface area contributed by atoms with Crippen molar-refractivity contribution in [2.24, 2.45) is 5.73 Å². The number of nitrogens with two attached hydrogens (primary N) is 1. The molecule has 0 bridgehead atoms. The SMILES string of the molecule is Cl.NCC(c1ccccc1)c1ccc([N+](=O)[O-])c(Br)c1F. The van der Waals surface area contributed by atoms with Crippen molar-refractivity contribution in [2.75, 3.05) is 6.54 Å². The summed E-state index contributed by atoms with van der Waals surface area (Å²) in [5.74, 6) is -0.980. The summed E-state index contributed by atoms with van der Waals surface area (Å²) < 4.78 is 14.2. The Morgan fingerprint density at radius 3 is 2.38 bits per heavy atom. The van der Waals surface area contributed by atoms with Crippen molar-refractivity contribution in [3.63, 3.8) is 0 Å². The van der Waals surface area contributed by atoms with Gasteiger partial charge in [0.25, 0.3) is 5.69 Å². The summed E-state index contributed by atoms with van der Waals surface area (Å²) >= 11 is 2.94. The summed E-state index contributed by atoms with van der Waals surface area (Å²) in [7, 11) is 0. The highest BCUT2D eigenvalue weighted by Crippen LogP contribution is 2.34. The second kappa shape index (κ2) is 7.49. The van der Waals surface area contributed by atoms with Crippen LogP contribution in [0.5, 0.6) is 0 Å². The Labute approximate surface area is 135 Å². The molecule has 4 nitrogen and oxygen atoms in total. The van der Waals surface area contributed by atoms with Crippen LogP contribution in [-0.2, 0) is 0 Å². The first-order valence-corrected chi connectivity index (χ1v) is 6.72. The van der Waals surface area contributed by atoms with E-state index in [0.29, 0.717) is 5.56 Å². The molecule has 0 saturated heterocycles. The maximum atomic E-state index is 14.3. The van der Waals surface area contributed by atoms with Crippen LogP contribution >= 0.6 is 28.3 Å². The third-order valence-corrected chi connectivity index (χ3v) is 3.86. The van der Waals surface area contributed by atoms with E-state index in [4.69, 9.17) is 5.73 Å². The van der Waals surface area contributed by atoms with Crippen LogP contribution in [0.4, 0.5) is 10.1 Å². The molecule has 0 fully saturated rings. The smallest absolute Gasteiger partial charge is 0.286 e. The lowest BCUT2D eigenvalue weighted by atomic mass is 9.91. The third kappa shape index (κ3) is 3.58. The fraction of sp³-hybridized carbons (Fsp3) is 0.143. The lowest BCUT2D eigenvalue weighted by molar-refractivity contribution is -0.385. The van der Waals surface area contributed by atoms with E-state index in [2.05, 4.69) is 15.9 Å². The number of hydrogen-bond donors (Lipinski definition) is 1. The standard InChI is InChI=1S/C14H12BrFN2O2.ClH/c15-13-12(18(19)20)7-6-10(14(13)16)11(8-17)9-4-2-1-3-5-9;/h1-7,11H,8,17H2;1H. The number of nitro benzene ring substituents is 1. The zero-order valence-electron chi connectivity index (χ0n) is 10.8. The minimum atomic E-state index is -0.640. The zero-order chi connectivity index (χ0) is 14.7. The number of benzene rings is 2. The Morgan fingerprint density at radius 2 is 1.86 bits per heavy atom. The molecule has 112 valence electrons. The van der Waals surface area contributed by atoms with Crippen molar-refractivity contribution in [1.29, 1.82) is 0 Å². The normalized spacial score (nSPS) is 11.6. The topological polar surface area (TPSA) is 69.2 Å². The minimum absolute atomic E-state index is 0. The molecule has 21 heavy (non-hydrogen) atoms. The quantitative estimate of drug-likeness (QED) is 0.648. The van der Waals surface area contributed by atoms with E-state index in [1.54, 1.807) is 0 Å². The molecule has 0 radical (unpaired) electrons. The van der Waals surface area contributed by atoms with Crippen molar-refractivity contribution < 1.29 is 9.31 Å². The second-order valence-corrected chi connectivity index (χ2v) is 5.05. The summed E-state index contributed by atoms with van der Waals surface area (Å²) in [5.41, 5.74) is 6.66. The molecule has 0 aliphatic rings. The predicted molar refractivity (Wildman–Crippen MR) is 85.3 cm³/mol. The predicted octanol–water partition coefficient (Wildman–Crippen LogP) is 4.01. The van der Waals surface area contributed by atoms with Gasteiger partial charge in [0, 0.05) is 18.5 Å². The van der Waals surface area contributed by atoms with Gasteiger partial charge < -0.3 is 5.73 Å². The summed E-state index contributed by atoms with van der Waals surface area (Å²) in [4.78, 5) is 10.2. The average molecular weight is 376 g/mol. The average Bonchev–Trinajstić information content (AvgIpc) is 2.45. The molecule has 0 amide bonds. The van der Waals surface area contributed by atoms with Crippen molar-refractivity contribution in [3.8, 4) is 0 Å². The highest BCUT2D eigenvalue weighted by molar-refractivity contribution is 9.10. The summed E-state index contributed by atoms with van der Waals surface area (Å²) in [5, 5.41) is 10.8. The molecular formula is C14H13BrClFN2O2. The lowest BCUT2D eigenvalue weighted by Gasteiger charge is -2.17. The Bertz CT molecular complexity index is 640. The van der Waals surface area contributed by atoms with Crippen LogP contribution in [0, 0.1) is 15.9 Å². The van der Waals surface area contributed by atoms with Gasteiger partial charge in [0.1, 0.15) is 10.3 Å². The van der Waals surface area contributed by atoms with Crippen molar-refractivity contribution in [1.82, 2.24) is 0 Å². The van der Waals surface area contributed by atoms with Gasteiger partial charge in [-0.25, -0.2) is 4.39 Å². The fourth-order valence-electron chi connectivity index (χ4n) is 2.09. The van der Waals surface area contributed by atoms with Gasteiger partial charge in [0.05, 0.1) is 4.92 Å². The van der Waals surface area contributed by atoms with E-state index < -0.39 is 10.7 Å². The van der Waals surface area contributed by atoms with Gasteiger partial charge in [-0.15, -0.1) is 12.4 Å². The molecular weight excluding hydrogens is 363 g/mol. The van der Waals surface area contributed by atoms with Crippen LogP contribution < -0.4 is 5.73 Å². The van der Waals surface area contributed by atoms with E-state index in [0.717, 1.165) is 5.56 Å². The van der Waals surface area contributed by atoms with Gasteiger partial charge in [-0.2, -0.15) is 0 Å². The van der Waals surface area contributed by atoms with Gasteiger partial charge in [0.15, 0.2) is 0 Å². The Balaban J connectivity index is 0.00000220. The van der Waals surface area contributed by atoms with Crippen molar-refractivity contribution in [2.45, 2.75) is 5.92 Å². The Hall–Kier alpha value is -1.50. The highest BCUT2D eigenvalue weighted by Gasteiger charge is 2.23. The minimum Gasteiger partial charge on any atom is -0.330 e. The van der Waals surface area contributed by atoms with Gasteiger partial charge in [-0.1, -0.05) is 30.3 Å². The number of nitro groups is 1. The van der Waals surface area contributed by atoms with E-state index in [1.807, 2.05) is 30.3 Å². The first-order valence-electron chi connectivity index (χ1n) is 5.93. The molecule has 2 aromatic rings. The Kier molecular flexibility index (Phi) is 6.26. The molecule has 0 aromatic heterocycles. The largest absolute Gasteiger partial charge is 0.330 e. The van der Waals surface area contributed by atoms with Gasteiger partial charge >= 0.3 is 0 Å². The second-order valence-electron chi connectivity index (χ2n) is 4.26. The lowest BCUT2D eigenvalue weighted by Crippen LogP contribution is -2.15. The molecule has 1 atom stereocenters. The van der Waals surface area contributed by atoms with Gasteiger partial charge in [0.2, 0.25) is 0 Å². The van der Waals surface area contributed by atoms with E-state index in [9.17, 15) is 14.5 Å². The summed E-state index contributed by atoms with van der Waals surface area (Å²) in [6.45, 7) is 0.213. The fourth-order valence-corrected chi connectivity index (χ4v) is 2.60. The molecule has 0 aliphatic carbocycles. The number of rotatable bonds is 4. The molecule has 2 aromatic carbocycles. The van der Waals surface area contributed by atoms with Gasteiger partial charge in [-0.05, 0) is 33.1 Å². The monoisotopic (exact) mass is 374 g/mol. The van der Waals surface area contributed by atoms with E-state index >= 15 is 0 Å². The van der Waals surface area contributed by atoms with E-state index in [1.165, 1.54) is 12.1 Å². The number of hydrogen-bond acceptors (Lipinski definition) is 3. The number of nitrogens with zero attached hydrogens (tertiary/aromatic N) is 1. The van der Waals surface area contributed by atoms with Crippen molar-refractivity contribution in [3.05, 3.63) is 74.0 Å². The summed E-state index contributed by atoms with van der Waals surface area (Å²) in [6, 6.07) is 12.0. The van der Waals surface area contributed by atoms with Crippen LogP contribution in [0.1, 0.15) is 17.0 Å². The van der Waals surface area contributed by atoms with E-state index in [-0.39, 0.29) is 35.0 Å². The molecule has 7 heteroatoms. The number of halogens is 3. The molecule has 0 aliphatic heterocycles. The molecule has 1 unspecified atom stereocenters. The molecule has 2 rings (SSSR count). The van der Waals surface area contributed by atoms with Crippen molar-refractivity contribution >= 4 is 34.0 Å². The van der Waals surface area contributed by atoms with Crippen LogP contribution in [0.2, 0.25) is 0 Å².